The molecule has 0 radical (unpaired) electrons. The van der Waals surface area contributed by atoms with Crippen molar-refractivity contribution in [2.75, 3.05) is 11.1 Å². The van der Waals surface area contributed by atoms with Crippen molar-refractivity contribution < 1.29 is 4.39 Å². The molecule has 0 spiro atoms. The first-order chi connectivity index (χ1) is 8.61. The minimum absolute atomic E-state index is 0.289. The van der Waals surface area contributed by atoms with Crippen LogP contribution in [0.5, 0.6) is 0 Å². The van der Waals surface area contributed by atoms with Crippen molar-refractivity contribution >= 4 is 17.3 Å². The van der Waals surface area contributed by atoms with Gasteiger partial charge in [-0.2, -0.15) is 0 Å². The van der Waals surface area contributed by atoms with Crippen molar-refractivity contribution in [1.29, 1.82) is 0 Å². The van der Waals surface area contributed by atoms with E-state index in [1.807, 2.05) is 13.8 Å². The van der Waals surface area contributed by atoms with Gasteiger partial charge >= 0.3 is 0 Å². The molecule has 5 heteroatoms. The van der Waals surface area contributed by atoms with E-state index in [2.05, 4.69) is 15.3 Å². The van der Waals surface area contributed by atoms with Crippen LogP contribution in [0.4, 0.5) is 21.7 Å². The summed E-state index contributed by atoms with van der Waals surface area (Å²) >= 11 is 0. The molecule has 1 aromatic carbocycles. The molecule has 3 N–H and O–H groups in total. The standard InChI is InChI=1S/C13H15FN4/c1-3-10-12(15)16-7-17-13(10)18-11-6-9(14)5-4-8(11)2/h4-7H,3H2,1-2H3,(H3,15,16,17,18). The number of benzene rings is 1. The van der Waals surface area contributed by atoms with Crippen LogP contribution in [0.15, 0.2) is 24.5 Å². The quantitative estimate of drug-likeness (QED) is 0.874. The van der Waals surface area contributed by atoms with Gasteiger partial charge in [0.2, 0.25) is 0 Å². The average Bonchev–Trinajstić information content (AvgIpc) is 2.34. The van der Waals surface area contributed by atoms with Crippen LogP contribution in [0.1, 0.15) is 18.1 Å². The number of aryl methyl sites for hydroxylation is 1. The molecule has 0 aliphatic carbocycles. The number of anilines is 3. The molecule has 0 aliphatic heterocycles. The van der Waals surface area contributed by atoms with Gasteiger partial charge in [0.15, 0.2) is 0 Å². The third kappa shape index (κ3) is 2.40. The van der Waals surface area contributed by atoms with Crippen molar-refractivity contribution in [3.8, 4) is 0 Å². The zero-order valence-corrected chi connectivity index (χ0v) is 10.4. The molecule has 2 aromatic rings. The number of halogens is 1. The third-order valence-corrected chi connectivity index (χ3v) is 2.78. The lowest BCUT2D eigenvalue weighted by molar-refractivity contribution is 0.628. The Morgan fingerprint density at radius 1 is 1.33 bits per heavy atom. The third-order valence-electron chi connectivity index (χ3n) is 2.78. The summed E-state index contributed by atoms with van der Waals surface area (Å²) in [5.41, 5.74) is 8.25. The number of rotatable bonds is 3. The van der Waals surface area contributed by atoms with E-state index in [1.165, 1.54) is 18.5 Å². The Morgan fingerprint density at radius 3 is 2.83 bits per heavy atom. The molecule has 0 fully saturated rings. The second kappa shape index (κ2) is 5.00. The Morgan fingerprint density at radius 2 is 2.11 bits per heavy atom. The second-order valence-electron chi connectivity index (χ2n) is 4.02. The molecule has 0 atom stereocenters. The van der Waals surface area contributed by atoms with E-state index in [1.54, 1.807) is 6.07 Å². The maximum atomic E-state index is 13.2. The van der Waals surface area contributed by atoms with Crippen molar-refractivity contribution in [3.63, 3.8) is 0 Å². The number of aromatic nitrogens is 2. The molecule has 18 heavy (non-hydrogen) atoms. The topological polar surface area (TPSA) is 63.8 Å². The van der Waals surface area contributed by atoms with Gasteiger partial charge in [-0.1, -0.05) is 13.0 Å². The van der Waals surface area contributed by atoms with Gasteiger partial charge in [0, 0.05) is 11.3 Å². The summed E-state index contributed by atoms with van der Waals surface area (Å²) in [6.07, 6.45) is 2.11. The molecule has 94 valence electrons. The van der Waals surface area contributed by atoms with Gasteiger partial charge in [-0.3, -0.25) is 0 Å². The minimum Gasteiger partial charge on any atom is -0.383 e. The summed E-state index contributed by atoms with van der Waals surface area (Å²) in [7, 11) is 0. The molecule has 0 saturated carbocycles. The van der Waals surface area contributed by atoms with Crippen LogP contribution in [-0.4, -0.2) is 9.97 Å². The van der Waals surface area contributed by atoms with Crippen LogP contribution in [0.2, 0.25) is 0 Å². The van der Waals surface area contributed by atoms with E-state index in [0.717, 1.165) is 11.1 Å². The first-order valence-corrected chi connectivity index (χ1v) is 5.74. The van der Waals surface area contributed by atoms with Crippen LogP contribution in [0.3, 0.4) is 0 Å². The number of nitrogen functional groups attached to an aromatic ring is 1. The van der Waals surface area contributed by atoms with Crippen molar-refractivity contribution in [2.45, 2.75) is 20.3 Å². The monoisotopic (exact) mass is 246 g/mol. The Balaban J connectivity index is 2.40. The van der Waals surface area contributed by atoms with E-state index in [4.69, 9.17) is 5.73 Å². The van der Waals surface area contributed by atoms with Crippen LogP contribution in [0, 0.1) is 12.7 Å². The van der Waals surface area contributed by atoms with Gasteiger partial charge in [-0.05, 0) is 31.0 Å². The highest BCUT2D eigenvalue weighted by Crippen LogP contribution is 2.24. The van der Waals surface area contributed by atoms with Crippen LogP contribution in [-0.2, 0) is 6.42 Å². The summed E-state index contributed by atoms with van der Waals surface area (Å²) in [6.45, 7) is 3.87. The van der Waals surface area contributed by atoms with Gasteiger partial charge in [-0.25, -0.2) is 14.4 Å². The lowest BCUT2D eigenvalue weighted by Gasteiger charge is -2.12. The predicted molar refractivity (Wildman–Crippen MR) is 70.2 cm³/mol. The van der Waals surface area contributed by atoms with E-state index >= 15 is 0 Å². The number of hydrogen-bond donors (Lipinski definition) is 2. The average molecular weight is 246 g/mol. The highest BCUT2D eigenvalue weighted by atomic mass is 19.1. The van der Waals surface area contributed by atoms with Gasteiger partial charge in [0.25, 0.3) is 0 Å². The first kappa shape index (κ1) is 12.3. The fourth-order valence-electron chi connectivity index (χ4n) is 1.74. The highest BCUT2D eigenvalue weighted by Gasteiger charge is 2.09. The van der Waals surface area contributed by atoms with Crippen LogP contribution < -0.4 is 11.1 Å². The SMILES string of the molecule is CCc1c(N)ncnc1Nc1cc(F)ccc1C. The highest BCUT2D eigenvalue weighted by molar-refractivity contribution is 5.66. The number of nitrogens with two attached hydrogens (primary N) is 1. The summed E-state index contributed by atoms with van der Waals surface area (Å²) in [4.78, 5) is 8.10. The van der Waals surface area contributed by atoms with E-state index in [-0.39, 0.29) is 5.82 Å². The number of nitrogens with one attached hydrogen (secondary N) is 1. The van der Waals surface area contributed by atoms with Crippen LogP contribution >= 0.6 is 0 Å². The fourth-order valence-corrected chi connectivity index (χ4v) is 1.74. The Labute approximate surface area is 105 Å². The van der Waals surface area contributed by atoms with E-state index in [9.17, 15) is 4.39 Å². The number of nitrogens with zero attached hydrogens (tertiary/aromatic N) is 2. The molecule has 0 aliphatic rings. The van der Waals surface area contributed by atoms with E-state index in [0.29, 0.717) is 23.7 Å². The van der Waals surface area contributed by atoms with Gasteiger partial charge in [-0.15, -0.1) is 0 Å². The summed E-state index contributed by atoms with van der Waals surface area (Å²) in [6, 6.07) is 4.58. The molecule has 0 bridgehead atoms. The maximum Gasteiger partial charge on any atom is 0.139 e. The maximum absolute atomic E-state index is 13.2. The smallest absolute Gasteiger partial charge is 0.139 e. The molecular weight excluding hydrogens is 231 g/mol. The van der Waals surface area contributed by atoms with Gasteiger partial charge < -0.3 is 11.1 Å². The molecule has 0 amide bonds. The first-order valence-electron chi connectivity index (χ1n) is 5.74. The van der Waals surface area contributed by atoms with Gasteiger partial charge in [0.1, 0.15) is 23.8 Å². The largest absolute Gasteiger partial charge is 0.383 e. The molecule has 1 aromatic heterocycles. The lowest BCUT2D eigenvalue weighted by Crippen LogP contribution is -2.05. The second-order valence-corrected chi connectivity index (χ2v) is 4.02. The van der Waals surface area contributed by atoms with Crippen LogP contribution in [0.25, 0.3) is 0 Å². The summed E-state index contributed by atoms with van der Waals surface area (Å²) in [5.74, 6) is 0.783. The van der Waals surface area contributed by atoms with Gasteiger partial charge in [0.05, 0.1) is 0 Å². The molecule has 2 rings (SSSR count). The minimum atomic E-state index is -0.289. The molecule has 0 unspecified atom stereocenters. The molecule has 1 heterocycles. The fraction of sp³-hybridized carbons (Fsp3) is 0.231. The van der Waals surface area contributed by atoms with Crippen molar-refractivity contribution in [1.82, 2.24) is 9.97 Å². The molecule has 4 nitrogen and oxygen atoms in total. The van der Waals surface area contributed by atoms with E-state index < -0.39 is 0 Å². The summed E-state index contributed by atoms with van der Waals surface area (Å²) in [5, 5.41) is 3.10. The normalized spacial score (nSPS) is 10.4. The Hall–Kier alpha value is -2.17. The van der Waals surface area contributed by atoms with Crippen molar-refractivity contribution in [3.05, 3.63) is 41.5 Å². The Kier molecular flexibility index (Phi) is 3.41. The zero-order valence-electron chi connectivity index (χ0n) is 10.4. The molecular formula is C13H15FN4. The lowest BCUT2D eigenvalue weighted by atomic mass is 10.1. The van der Waals surface area contributed by atoms with Crippen molar-refractivity contribution in [2.24, 2.45) is 0 Å². The zero-order chi connectivity index (χ0) is 13.1. The summed E-state index contributed by atoms with van der Waals surface area (Å²) < 4.78 is 13.2. The Bertz CT molecular complexity index is 569. The number of hydrogen-bond acceptors (Lipinski definition) is 4. The molecule has 0 saturated heterocycles. The predicted octanol–water partition coefficient (Wildman–Crippen LogP) is 2.81.